The molecule has 3 aromatic rings. The van der Waals surface area contributed by atoms with Crippen LogP contribution in [-0.4, -0.2) is 46.6 Å². The van der Waals surface area contributed by atoms with Gasteiger partial charge in [-0.05, 0) is 36.3 Å². The molecule has 1 aliphatic rings. The summed E-state index contributed by atoms with van der Waals surface area (Å²) in [4.78, 5) is 16.7. The van der Waals surface area contributed by atoms with Crippen molar-refractivity contribution >= 4 is 34.4 Å². The van der Waals surface area contributed by atoms with Gasteiger partial charge in [-0.25, -0.2) is 9.67 Å². The molecule has 26 heavy (non-hydrogen) atoms. The smallest absolute Gasteiger partial charge is 0.234 e. The number of hydrogen-bond donors (Lipinski definition) is 1. The molecule has 1 N–H and O–H groups in total. The monoisotopic (exact) mass is 372 g/mol. The summed E-state index contributed by atoms with van der Waals surface area (Å²) in [6, 6.07) is 2.26. The predicted octanol–water partition coefficient (Wildman–Crippen LogP) is 2.11. The third kappa shape index (κ3) is 3.28. The van der Waals surface area contributed by atoms with Gasteiger partial charge in [-0.1, -0.05) is 24.6 Å². The van der Waals surface area contributed by atoms with E-state index in [0.29, 0.717) is 16.9 Å². The van der Waals surface area contributed by atoms with Crippen LogP contribution in [0.15, 0.2) is 17.4 Å². The van der Waals surface area contributed by atoms with Gasteiger partial charge in [0.2, 0.25) is 11.1 Å². The second kappa shape index (κ2) is 7.02. The van der Waals surface area contributed by atoms with E-state index in [-0.39, 0.29) is 11.7 Å². The fourth-order valence-corrected chi connectivity index (χ4v) is 4.11. The highest BCUT2D eigenvalue weighted by Crippen LogP contribution is 2.31. The lowest BCUT2D eigenvalue weighted by Gasteiger charge is -2.10. The largest absolute Gasteiger partial charge is 0.324 e. The van der Waals surface area contributed by atoms with E-state index in [1.54, 1.807) is 10.9 Å². The van der Waals surface area contributed by atoms with Crippen molar-refractivity contribution in [3.63, 3.8) is 0 Å². The number of anilines is 1. The van der Waals surface area contributed by atoms with E-state index in [1.165, 1.54) is 24.6 Å². The van der Waals surface area contributed by atoms with Crippen LogP contribution >= 0.6 is 11.8 Å². The Morgan fingerprint density at radius 3 is 3.00 bits per heavy atom. The maximum absolute atomic E-state index is 12.3. The van der Waals surface area contributed by atoms with Crippen LogP contribution in [0, 0.1) is 6.92 Å². The Bertz CT molecular complexity index is 943. The van der Waals surface area contributed by atoms with Crippen LogP contribution in [-0.2, 0) is 11.8 Å². The molecule has 1 amide bonds. The Hall–Kier alpha value is -2.49. The van der Waals surface area contributed by atoms with E-state index in [2.05, 4.69) is 30.9 Å². The average Bonchev–Trinajstić information content (AvgIpc) is 3.34. The lowest BCUT2D eigenvalue weighted by molar-refractivity contribution is -0.113. The van der Waals surface area contributed by atoms with Crippen molar-refractivity contribution in [3.8, 4) is 0 Å². The number of aryl methyl sites for hydroxylation is 2. The summed E-state index contributed by atoms with van der Waals surface area (Å²) in [5.41, 5.74) is 2.34. The van der Waals surface area contributed by atoms with Crippen molar-refractivity contribution in [1.29, 1.82) is 0 Å². The van der Waals surface area contributed by atoms with Gasteiger partial charge in [0.15, 0.2) is 5.65 Å². The zero-order valence-electron chi connectivity index (χ0n) is 14.7. The highest BCUT2D eigenvalue weighted by atomic mass is 32.2. The first kappa shape index (κ1) is 17.0. The molecule has 1 aliphatic carbocycles. The van der Waals surface area contributed by atoms with Gasteiger partial charge in [0.05, 0.1) is 29.4 Å². The van der Waals surface area contributed by atoms with Gasteiger partial charge in [-0.15, -0.1) is 5.10 Å². The maximum Gasteiger partial charge on any atom is 0.234 e. The summed E-state index contributed by atoms with van der Waals surface area (Å²) in [5, 5.41) is 20.8. The second-order valence-corrected chi connectivity index (χ2v) is 7.43. The van der Waals surface area contributed by atoms with Gasteiger partial charge < -0.3 is 5.32 Å². The predicted molar refractivity (Wildman–Crippen MR) is 97.9 cm³/mol. The molecule has 3 heterocycles. The number of rotatable bonds is 5. The Morgan fingerprint density at radius 2 is 2.19 bits per heavy atom. The first-order chi connectivity index (χ1) is 12.6. The van der Waals surface area contributed by atoms with Crippen molar-refractivity contribution < 1.29 is 4.79 Å². The fourth-order valence-electron chi connectivity index (χ4n) is 3.36. The quantitative estimate of drug-likeness (QED) is 0.684. The number of aromatic nitrogens is 7. The van der Waals surface area contributed by atoms with E-state index >= 15 is 0 Å². The molecule has 3 aromatic heterocycles. The molecular formula is C16H20N8OS. The number of carbonyl (C=O) groups is 1. The van der Waals surface area contributed by atoms with Crippen molar-refractivity contribution in [3.05, 3.63) is 18.0 Å². The van der Waals surface area contributed by atoms with Gasteiger partial charge in [-0.2, -0.15) is 5.10 Å². The van der Waals surface area contributed by atoms with Gasteiger partial charge in [0.1, 0.15) is 0 Å². The third-order valence-electron chi connectivity index (χ3n) is 4.61. The Morgan fingerprint density at radius 1 is 1.38 bits per heavy atom. The van der Waals surface area contributed by atoms with Crippen LogP contribution in [0.25, 0.3) is 11.0 Å². The molecule has 0 atom stereocenters. The molecule has 0 spiro atoms. The number of carbonyl (C=O) groups excluding carboxylic acids is 1. The van der Waals surface area contributed by atoms with Crippen LogP contribution in [0.5, 0.6) is 0 Å². The van der Waals surface area contributed by atoms with Gasteiger partial charge in [-0.3, -0.25) is 9.48 Å². The summed E-state index contributed by atoms with van der Waals surface area (Å²) in [5.74, 6) is 0.135. The molecule has 0 unspecified atom stereocenters. The first-order valence-corrected chi connectivity index (χ1v) is 9.60. The van der Waals surface area contributed by atoms with E-state index in [9.17, 15) is 4.79 Å². The molecule has 0 aromatic carbocycles. The SMILES string of the molecule is Cc1nn(C)c2ncc(NC(=O)CSc3nnnn3C3CCCC3)cc12. The van der Waals surface area contributed by atoms with Crippen LogP contribution in [0.1, 0.15) is 37.4 Å². The normalized spacial score (nSPS) is 15.0. The maximum atomic E-state index is 12.3. The second-order valence-electron chi connectivity index (χ2n) is 6.49. The van der Waals surface area contributed by atoms with Crippen LogP contribution in [0.2, 0.25) is 0 Å². The number of nitrogens with zero attached hydrogens (tertiary/aromatic N) is 7. The summed E-state index contributed by atoms with van der Waals surface area (Å²) < 4.78 is 3.59. The molecule has 1 saturated carbocycles. The zero-order chi connectivity index (χ0) is 18.1. The molecule has 0 saturated heterocycles. The molecular weight excluding hydrogens is 352 g/mol. The number of pyridine rings is 1. The topological polar surface area (TPSA) is 103 Å². The summed E-state index contributed by atoms with van der Waals surface area (Å²) in [6.07, 6.45) is 6.26. The van der Waals surface area contributed by atoms with E-state index < -0.39 is 0 Å². The molecule has 1 fully saturated rings. The minimum absolute atomic E-state index is 0.112. The lowest BCUT2D eigenvalue weighted by Crippen LogP contribution is -2.15. The standard InChI is InChI=1S/C16H20N8OS/c1-10-13-7-11(8-17-15(13)23(2)20-10)18-14(25)9-26-16-19-21-22-24(16)12-5-3-4-6-12/h7-8,12H,3-6,9H2,1-2H3,(H,18,25). The van der Waals surface area contributed by atoms with Crippen LogP contribution in [0.4, 0.5) is 5.69 Å². The Kier molecular flexibility index (Phi) is 4.58. The summed E-state index contributed by atoms with van der Waals surface area (Å²) in [6.45, 7) is 1.92. The Balaban J connectivity index is 1.40. The first-order valence-electron chi connectivity index (χ1n) is 8.61. The van der Waals surface area contributed by atoms with Crippen molar-refractivity contribution in [2.24, 2.45) is 7.05 Å². The summed E-state index contributed by atoms with van der Waals surface area (Å²) >= 11 is 1.36. The number of amides is 1. The van der Waals surface area contributed by atoms with Crippen LogP contribution in [0.3, 0.4) is 0 Å². The number of tetrazole rings is 1. The average molecular weight is 372 g/mol. The molecule has 0 bridgehead atoms. The Labute approximate surface area is 154 Å². The fraction of sp³-hybridized carbons (Fsp3) is 0.500. The van der Waals surface area contributed by atoms with Crippen molar-refractivity contribution in [2.75, 3.05) is 11.1 Å². The molecule has 4 rings (SSSR count). The van der Waals surface area contributed by atoms with Crippen molar-refractivity contribution in [2.45, 2.75) is 43.8 Å². The lowest BCUT2D eigenvalue weighted by atomic mass is 10.2. The zero-order valence-corrected chi connectivity index (χ0v) is 15.5. The molecule has 0 radical (unpaired) electrons. The number of fused-ring (bicyclic) bond motifs is 1. The number of thioether (sulfide) groups is 1. The van der Waals surface area contributed by atoms with Crippen LogP contribution < -0.4 is 5.32 Å². The van der Waals surface area contributed by atoms with Gasteiger partial charge in [0, 0.05) is 12.4 Å². The highest BCUT2D eigenvalue weighted by molar-refractivity contribution is 7.99. The number of nitrogens with one attached hydrogen (secondary N) is 1. The number of hydrogen-bond acceptors (Lipinski definition) is 7. The minimum atomic E-state index is -0.112. The third-order valence-corrected chi connectivity index (χ3v) is 5.55. The molecule has 10 heteroatoms. The molecule has 136 valence electrons. The van der Waals surface area contributed by atoms with E-state index in [0.717, 1.165) is 29.6 Å². The highest BCUT2D eigenvalue weighted by Gasteiger charge is 2.22. The molecule has 0 aliphatic heterocycles. The van der Waals surface area contributed by atoms with Gasteiger partial charge in [0.25, 0.3) is 0 Å². The van der Waals surface area contributed by atoms with Gasteiger partial charge >= 0.3 is 0 Å². The summed E-state index contributed by atoms with van der Waals surface area (Å²) in [7, 11) is 1.85. The van der Waals surface area contributed by atoms with Crippen molar-refractivity contribution in [1.82, 2.24) is 35.0 Å². The minimum Gasteiger partial charge on any atom is -0.324 e. The van der Waals surface area contributed by atoms with E-state index in [4.69, 9.17) is 0 Å². The van der Waals surface area contributed by atoms with E-state index in [1.807, 2.05) is 24.7 Å². The molecule has 9 nitrogen and oxygen atoms in total.